The topological polar surface area (TPSA) is 38.5 Å². The van der Waals surface area contributed by atoms with Crippen LogP contribution in [0.25, 0.3) is 0 Å². The van der Waals surface area contributed by atoms with Gasteiger partial charge >= 0.3 is 0 Å². The summed E-state index contributed by atoms with van der Waals surface area (Å²) in [6.07, 6.45) is 5.13. The van der Waals surface area contributed by atoms with Crippen molar-refractivity contribution in [1.82, 2.24) is 4.90 Å². The van der Waals surface area contributed by atoms with E-state index in [0.717, 1.165) is 31.4 Å². The summed E-state index contributed by atoms with van der Waals surface area (Å²) in [6.45, 7) is 4.98. The maximum atomic E-state index is 6.20. The standard InChI is InChI=1S/C18H28N2O/c1-14-6-5-9-18(10-14,13-19)20(2)11-15-12-21-17-8-4-3-7-16(15)17/h3-4,7-8,14-15H,5-6,9-13,19H2,1-2H3. The molecule has 0 radical (unpaired) electrons. The van der Waals surface area contributed by atoms with Crippen LogP contribution in [0.1, 0.15) is 44.1 Å². The molecule has 2 aliphatic rings. The fourth-order valence-electron chi connectivity index (χ4n) is 4.22. The van der Waals surface area contributed by atoms with Crippen molar-refractivity contribution in [3.8, 4) is 5.75 Å². The summed E-state index contributed by atoms with van der Waals surface area (Å²) < 4.78 is 5.83. The molecular weight excluding hydrogens is 260 g/mol. The molecule has 1 heterocycles. The lowest BCUT2D eigenvalue weighted by Gasteiger charge is -2.47. The van der Waals surface area contributed by atoms with Crippen molar-refractivity contribution in [3.63, 3.8) is 0 Å². The van der Waals surface area contributed by atoms with Crippen LogP contribution in [-0.4, -0.2) is 37.2 Å². The van der Waals surface area contributed by atoms with E-state index < -0.39 is 0 Å². The molecule has 3 rings (SSSR count). The third-order valence-electron chi connectivity index (χ3n) is 5.55. The van der Waals surface area contributed by atoms with Gasteiger partial charge in [-0.1, -0.05) is 38.0 Å². The number of rotatable bonds is 4. The van der Waals surface area contributed by atoms with Crippen molar-refractivity contribution < 1.29 is 4.74 Å². The molecule has 3 unspecified atom stereocenters. The van der Waals surface area contributed by atoms with Crippen LogP contribution in [0.2, 0.25) is 0 Å². The van der Waals surface area contributed by atoms with Crippen molar-refractivity contribution in [2.24, 2.45) is 11.7 Å². The van der Waals surface area contributed by atoms with E-state index in [9.17, 15) is 0 Å². The van der Waals surface area contributed by atoms with Crippen LogP contribution in [-0.2, 0) is 0 Å². The minimum absolute atomic E-state index is 0.190. The van der Waals surface area contributed by atoms with Crippen molar-refractivity contribution >= 4 is 0 Å². The third-order valence-corrected chi connectivity index (χ3v) is 5.55. The second-order valence-corrected chi connectivity index (χ2v) is 7.06. The summed E-state index contributed by atoms with van der Waals surface area (Å²) in [5, 5.41) is 0. The Labute approximate surface area is 128 Å². The van der Waals surface area contributed by atoms with Gasteiger partial charge in [0.2, 0.25) is 0 Å². The van der Waals surface area contributed by atoms with Gasteiger partial charge in [0.05, 0.1) is 6.61 Å². The van der Waals surface area contributed by atoms with Crippen LogP contribution in [0.15, 0.2) is 24.3 Å². The van der Waals surface area contributed by atoms with Crippen molar-refractivity contribution in [3.05, 3.63) is 29.8 Å². The van der Waals surface area contributed by atoms with Crippen LogP contribution < -0.4 is 10.5 Å². The second kappa shape index (κ2) is 5.98. The maximum absolute atomic E-state index is 6.20. The molecule has 3 heteroatoms. The molecule has 1 saturated carbocycles. The van der Waals surface area contributed by atoms with Gasteiger partial charge in [-0.2, -0.15) is 0 Å². The number of hydrogen-bond acceptors (Lipinski definition) is 3. The zero-order valence-electron chi connectivity index (χ0n) is 13.3. The molecule has 0 amide bonds. The fourth-order valence-corrected chi connectivity index (χ4v) is 4.22. The highest BCUT2D eigenvalue weighted by Gasteiger charge is 2.39. The highest BCUT2D eigenvalue weighted by molar-refractivity contribution is 5.39. The van der Waals surface area contributed by atoms with Gasteiger partial charge in [-0.25, -0.2) is 0 Å². The third kappa shape index (κ3) is 2.82. The highest BCUT2D eigenvalue weighted by Crippen LogP contribution is 2.39. The smallest absolute Gasteiger partial charge is 0.122 e. The van der Waals surface area contributed by atoms with Crippen LogP contribution in [0.4, 0.5) is 0 Å². The van der Waals surface area contributed by atoms with Crippen LogP contribution in [0, 0.1) is 5.92 Å². The Morgan fingerprint density at radius 3 is 2.95 bits per heavy atom. The molecule has 116 valence electrons. The van der Waals surface area contributed by atoms with Gasteiger partial charge in [0.25, 0.3) is 0 Å². The summed E-state index contributed by atoms with van der Waals surface area (Å²) >= 11 is 0. The summed E-state index contributed by atoms with van der Waals surface area (Å²) in [7, 11) is 2.26. The Balaban J connectivity index is 1.72. The molecule has 1 aromatic rings. The zero-order valence-corrected chi connectivity index (χ0v) is 13.3. The normalized spacial score (nSPS) is 32.0. The molecule has 1 aromatic carbocycles. The van der Waals surface area contributed by atoms with E-state index in [1.165, 1.54) is 31.2 Å². The number of nitrogens with two attached hydrogens (primary N) is 1. The zero-order chi connectivity index (χ0) is 14.9. The molecular formula is C18H28N2O. The van der Waals surface area contributed by atoms with E-state index >= 15 is 0 Å². The molecule has 21 heavy (non-hydrogen) atoms. The minimum atomic E-state index is 0.190. The second-order valence-electron chi connectivity index (χ2n) is 7.06. The van der Waals surface area contributed by atoms with E-state index in [2.05, 4.69) is 43.1 Å². The molecule has 3 atom stereocenters. The average Bonchev–Trinajstić information content (AvgIpc) is 2.90. The predicted molar refractivity (Wildman–Crippen MR) is 86.7 cm³/mol. The number of nitrogens with zero attached hydrogens (tertiary/aromatic N) is 1. The summed E-state index contributed by atoms with van der Waals surface area (Å²) in [6, 6.07) is 8.45. The summed E-state index contributed by atoms with van der Waals surface area (Å²) in [4.78, 5) is 2.53. The van der Waals surface area contributed by atoms with Gasteiger partial charge < -0.3 is 10.5 Å². The first kappa shape index (κ1) is 14.9. The van der Waals surface area contributed by atoms with E-state index in [1.807, 2.05) is 0 Å². The van der Waals surface area contributed by atoms with E-state index in [1.54, 1.807) is 0 Å². The Morgan fingerprint density at radius 1 is 1.38 bits per heavy atom. The van der Waals surface area contributed by atoms with Gasteiger partial charge in [-0.05, 0) is 31.9 Å². The first-order chi connectivity index (χ1) is 10.1. The first-order valence-electron chi connectivity index (χ1n) is 8.28. The molecule has 1 aliphatic heterocycles. The number of fused-ring (bicyclic) bond motifs is 1. The Bertz CT molecular complexity index is 490. The largest absolute Gasteiger partial charge is 0.493 e. The SMILES string of the molecule is CC1CCCC(CN)(N(C)CC2COc3ccccc32)C1. The fraction of sp³-hybridized carbons (Fsp3) is 0.667. The molecule has 0 aromatic heterocycles. The molecule has 1 aliphatic carbocycles. The Kier molecular flexibility index (Phi) is 4.23. The predicted octanol–water partition coefficient (Wildman–Crippen LogP) is 3.00. The van der Waals surface area contributed by atoms with Gasteiger partial charge in [0.1, 0.15) is 5.75 Å². The number of benzene rings is 1. The number of para-hydroxylation sites is 1. The van der Waals surface area contributed by atoms with Crippen molar-refractivity contribution in [2.75, 3.05) is 26.7 Å². The molecule has 1 fully saturated rings. The minimum Gasteiger partial charge on any atom is -0.493 e. The summed E-state index contributed by atoms with van der Waals surface area (Å²) in [5.74, 6) is 2.33. The first-order valence-corrected chi connectivity index (χ1v) is 8.28. The number of ether oxygens (including phenoxy) is 1. The van der Waals surface area contributed by atoms with E-state index in [4.69, 9.17) is 10.5 Å². The molecule has 0 bridgehead atoms. The Morgan fingerprint density at radius 2 is 2.19 bits per heavy atom. The number of likely N-dealkylation sites (N-methyl/N-ethyl adjacent to an activating group) is 1. The van der Waals surface area contributed by atoms with E-state index in [0.29, 0.717) is 5.92 Å². The average molecular weight is 288 g/mol. The Hall–Kier alpha value is -1.06. The quantitative estimate of drug-likeness (QED) is 0.925. The molecule has 0 saturated heterocycles. The van der Waals surface area contributed by atoms with Gasteiger partial charge in [0, 0.05) is 30.1 Å². The van der Waals surface area contributed by atoms with Crippen LogP contribution >= 0.6 is 0 Å². The molecule has 3 nitrogen and oxygen atoms in total. The lowest BCUT2D eigenvalue weighted by atomic mass is 9.75. The maximum Gasteiger partial charge on any atom is 0.122 e. The van der Waals surface area contributed by atoms with E-state index in [-0.39, 0.29) is 5.54 Å². The lowest BCUT2D eigenvalue weighted by Crippen LogP contribution is -2.55. The van der Waals surface area contributed by atoms with Crippen LogP contribution in [0.3, 0.4) is 0 Å². The van der Waals surface area contributed by atoms with Crippen molar-refractivity contribution in [2.45, 2.75) is 44.1 Å². The molecule has 0 spiro atoms. The highest BCUT2D eigenvalue weighted by atomic mass is 16.5. The summed E-state index contributed by atoms with van der Waals surface area (Å²) in [5.41, 5.74) is 7.75. The van der Waals surface area contributed by atoms with Gasteiger partial charge in [-0.15, -0.1) is 0 Å². The lowest BCUT2D eigenvalue weighted by molar-refractivity contribution is 0.0546. The van der Waals surface area contributed by atoms with Crippen LogP contribution in [0.5, 0.6) is 5.75 Å². The monoisotopic (exact) mass is 288 g/mol. The molecule has 2 N–H and O–H groups in total. The van der Waals surface area contributed by atoms with Gasteiger partial charge in [0.15, 0.2) is 0 Å². The number of hydrogen-bond donors (Lipinski definition) is 1. The van der Waals surface area contributed by atoms with Gasteiger partial charge in [-0.3, -0.25) is 4.90 Å². The van der Waals surface area contributed by atoms with Crippen molar-refractivity contribution in [1.29, 1.82) is 0 Å².